The molecule has 174 valence electrons. The number of ether oxygens (including phenoxy) is 3. The molecule has 0 aromatic heterocycles. The fourth-order valence-corrected chi connectivity index (χ4v) is 3.65. The van der Waals surface area contributed by atoms with Gasteiger partial charge in [-0.05, 0) is 49.0 Å². The number of likely N-dealkylation sites (N-methyl/N-ethyl adjacent to an activating group) is 1. The third kappa shape index (κ3) is 6.72. The number of carbonyl (C=O) groups is 2. The lowest BCUT2D eigenvalue weighted by Gasteiger charge is -2.30. The maximum absolute atomic E-state index is 12.5. The summed E-state index contributed by atoms with van der Waals surface area (Å²) in [5.41, 5.74) is 1.57. The second kappa shape index (κ2) is 12.7. The minimum absolute atomic E-state index is 0.0191. The summed E-state index contributed by atoms with van der Waals surface area (Å²) in [6, 6.07) is 12.9. The molecule has 32 heavy (non-hydrogen) atoms. The lowest BCUT2D eigenvalue weighted by molar-refractivity contribution is -0.121. The molecule has 2 aromatic rings. The van der Waals surface area contributed by atoms with E-state index in [4.69, 9.17) is 14.2 Å². The molecule has 0 unspecified atom stereocenters. The summed E-state index contributed by atoms with van der Waals surface area (Å²) in [4.78, 5) is 27.3. The van der Waals surface area contributed by atoms with Crippen LogP contribution >= 0.6 is 0 Å². The first kappa shape index (κ1) is 25.2. The van der Waals surface area contributed by atoms with Crippen LogP contribution in [0.2, 0.25) is 0 Å². The zero-order chi connectivity index (χ0) is 23.5. The topological polar surface area (TPSA) is 77.1 Å². The van der Waals surface area contributed by atoms with E-state index in [-0.39, 0.29) is 30.6 Å². The molecule has 0 bridgehead atoms. The Morgan fingerprint density at radius 2 is 1.62 bits per heavy atom. The van der Waals surface area contributed by atoms with Crippen LogP contribution < -0.4 is 19.5 Å². The minimum Gasteiger partial charge on any atom is -0.497 e. The molecule has 0 aliphatic heterocycles. The third-order valence-electron chi connectivity index (χ3n) is 5.51. The smallest absolute Gasteiger partial charge is 0.220 e. The van der Waals surface area contributed by atoms with Gasteiger partial charge in [-0.25, -0.2) is 0 Å². The van der Waals surface area contributed by atoms with Gasteiger partial charge in [0.1, 0.15) is 5.75 Å². The van der Waals surface area contributed by atoms with Crippen LogP contribution in [0.1, 0.15) is 48.7 Å². The number of ketones is 1. The molecule has 0 saturated carbocycles. The predicted molar refractivity (Wildman–Crippen MR) is 125 cm³/mol. The van der Waals surface area contributed by atoms with Crippen molar-refractivity contribution in [1.29, 1.82) is 0 Å². The zero-order valence-corrected chi connectivity index (χ0v) is 19.6. The summed E-state index contributed by atoms with van der Waals surface area (Å²) in [7, 11) is 4.71. The van der Waals surface area contributed by atoms with Gasteiger partial charge < -0.3 is 19.5 Å². The van der Waals surface area contributed by atoms with E-state index in [9.17, 15) is 9.59 Å². The number of Topliss-reactive ketones (excluding diaryl/α,β-unsaturated/α-hetero) is 1. The second-order valence-electron chi connectivity index (χ2n) is 7.31. The minimum atomic E-state index is -0.154. The molecular formula is C25H34N2O5. The molecule has 0 saturated heterocycles. The maximum atomic E-state index is 12.5. The molecule has 0 spiro atoms. The van der Waals surface area contributed by atoms with Crippen molar-refractivity contribution in [3.05, 3.63) is 53.6 Å². The number of benzene rings is 2. The van der Waals surface area contributed by atoms with Crippen LogP contribution in [-0.2, 0) is 4.79 Å². The largest absolute Gasteiger partial charge is 0.497 e. The Balaban J connectivity index is 1.98. The Bertz CT molecular complexity index is 896. The number of rotatable bonds is 13. The number of carbonyl (C=O) groups excluding carboxylic acids is 2. The number of amides is 1. The quantitative estimate of drug-likeness (QED) is 0.475. The van der Waals surface area contributed by atoms with Crippen molar-refractivity contribution >= 4 is 11.7 Å². The van der Waals surface area contributed by atoms with E-state index >= 15 is 0 Å². The van der Waals surface area contributed by atoms with Gasteiger partial charge in [-0.15, -0.1) is 0 Å². The van der Waals surface area contributed by atoms with Crippen LogP contribution in [0.25, 0.3) is 0 Å². The van der Waals surface area contributed by atoms with E-state index in [1.165, 1.54) is 7.11 Å². The zero-order valence-electron chi connectivity index (χ0n) is 19.6. The van der Waals surface area contributed by atoms with E-state index in [2.05, 4.69) is 24.1 Å². The molecular weight excluding hydrogens is 408 g/mol. The van der Waals surface area contributed by atoms with Gasteiger partial charge in [0.05, 0.1) is 27.4 Å². The Morgan fingerprint density at radius 3 is 2.25 bits per heavy atom. The number of hydrogen-bond acceptors (Lipinski definition) is 6. The molecule has 1 N–H and O–H groups in total. The van der Waals surface area contributed by atoms with Crippen LogP contribution in [0.5, 0.6) is 17.2 Å². The highest BCUT2D eigenvalue weighted by molar-refractivity contribution is 5.98. The summed E-state index contributed by atoms with van der Waals surface area (Å²) < 4.78 is 15.8. The molecule has 2 rings (SSSR count). The van der Waals surface area contributed by atoms with Crippen molar-refractivity contribution in [2.45, 2.75) is 32.7 Å². The Morgan fingerprint density at radius 1 is 0.906 bits per heavy atom. The SMILES string of the molecule is CCN(CC)[C@@H](CNC(=O)CCC(=O)c1ccc(OC)c(OC)c1)c1cccc(OC)c1. The molecule has 0 fully saturated rings. The van der Waals surface area contributed by atoms with E-state index in [1.54, 1.807) is 32.4 Å². The van der Waals surface area contributed by atoms with Crippen molar-refractivity contribution in [3.63, 3.8) is 0 Å². The van der Waals surface area contributed by atoms with Gasteiger partial charge in [0.15, 0.2) is 17.3 Å². The monoisotopic (exact) mass is 442 g/mol. The maximum Gasteiger partial charge on any atom is 0.220 e. The molecule has 7 nitrogen and oxygen atoms in total. The van der Waals surface area contributed by atoms with Crippen LogP contribution in [0.4, 0.5) is 0 Å². The molecule has 2 aromatic carbocycles. The van der Waals surface area contributed by atoms with Gasteiger partial charge in [-0.1, -0.05) is 26.0 Å². The lowest BCUT2D eigenvalue weighted by Crippen LogP contribution is -2.38. The third-order valence-corrected chi connectivity index (χ3v) is 5.51. The van der Waals surface area contributed by atoms with Gasteiger partial charge in [0, 0.05) is 24.9 Å². The van der Waals surface area contributed by atoms with Gasteiger partial charge in [-0.3, -0.25) is 14.5 Å². The van der Waals surface area contributed by atoms with Crippen molar-refractivity contribution in [3.8, 4) is 17.2 Å². The molecule has 7 heteroatoms. The number of hydrogen-bond donors (Lipinski definition) is 1. The van der Waals surface area contributed by atoms with Gasteiger partial charge in [-0.2, -0.15) is 0 Å². The average molecular weight is 443 g/mol. The molecule has 1 amide bonds. The number of nitrogens with one attached hydrogen (secondary N) is 1. The fourth-order valence-electron chi connectivity index (χ4n) is 3.65. The number of methoxy groups -OCH3 is 3. The van der Waals surface area contributed by atoms with Gasteiger partial charge >= 0.3 is 0 Å². The molecule has 0 radical (unpaired) electrons. The normalized spacial score (nSPS) is 11.7. The molecule has 0 heterocycles. The summed E-state index contributed by atoms with van der Waals surface area (Å²) in [5.74, 6) is 1.56. The lowest BCUT2D eigenvalue weighted by atomic mass is 10.0. The Hall–Kier alpha value is -3.06. The summed E-state index contributed by atoms with van der Waals surface area (Å²) in [6.07, 6.45) is 0.243. The molecule has 1 atom stereocenters. The van der Waals surface area contributed by atoms with Gasteiger partial charge in [0.25, 0.3) is 0 Å². The van der Waals surface area contributed by atoms with E-state index < -0.39 is 0 Å². The fraction of sp³-hybridized carbons (Fsp3) is 0.440. The van der Waals surface area contributed by atoms with Crippen molar-refractivity contribution in [2.24, 2.45) is 0 Å². The second-order valence-corrected chi connectivity index (χ2v) is 7.31. The summed E-state index contributed by atoms with van der Waals surface area (Å²) in [5, 5.41) is 3.00. The predicted octanol–water partition coefficient (Wildman–Crippen LogP) is 3.87. The first-order valence-electron chi connectivity index (χ1n) is 10.9. The summed E-state index contributed by atoms with van der Waals surface area (Å²) >= 11 is 0. The Kier molecular flexibility index (Phi) is 10.0. The molecule has 0 aliphatic carbocycles. The molecule has 0 aliphatic rings. The van der Waals surface area contributed by atoms with Crippen molar-refractivity contribution in [2.75, 3.05) is 41.0 Å². The standard InChI is InChI=1S/C25H34N2O5/c1-6-27(7-2)21(18-9-8-10-20(15-18)30-3)17-26-25(29)14-12-22(28)19-11-13-23(31-4)24(16-19)32-5/h8-11,13,15-16,21H,6-7,12,14,17H2,1-5H3,(H,26,29)/t21-/m0/s1. The van der Waals surface area contributed by atoms with Crippen molar-refractivity contribution < 1.29 is 23.8 Å². The summed E-state index contributed by atoms with van der Waals surface area (Å²) in [6.45, 7) is 6.36. The highest BCUT2D eigenvalue weighted by Gasteiger charge is 2.20. The van der Waals surface area contributed by atoms with E-state index in [0.29, 0.717) is 23.6 Å². The van der Waals surface area contributed by atoms with Crippen LogP contribution in [0.15, 0.2) is 42.5 Å². The van der Waals surface area contributed by atoms with Crippen LogP contribution in [0, 0.1) is 0 Å². The first-order chi connectivity index (χ1) is 15.5. The highest BCUT2D eigenvalue weighted by Crippen LogP contribution is 2.28. The number of nitrogens with zero attached hydrogens (tertiary/aromatic N) is 1. The van der Waals surface area contributed by atoms with E-state index in [0.717, 1.165) is 24.4 Å². The van der Waals surface area contributed by atoms with Gasteiger partial charge in [0.2, 0.25) is 5.91 Å². The van der Waals surface area contributed by atoms with E-state index in [1.807, 2.05) is 24.3 Å². The van der Waals surface area contributed by atoms with Crippen LogP contribution in [0.3, 0.4) is 0 Å². The average Bonchev–Trinajstić information content (AvgIpc) is 2.84. The van der Waals surface area contributed by atoms with Crippen LogP contribution in [-0.4, -0.2) is 57.6 Å². The van der Waals surface area contributed by atoms with Crippen molar-refractivity contribution in [1.82, 2.24) is 10.2 Å². The Labute approximate surface area is 190 Å². The highest BCUT2D eigenvalue weighted by atomic mass is 16.5. The first-order valence-corrected chi connectivity index (χ1v) is 10.9.